The van der Waals surface area contributed by atoms with Gasteiger partial charge in [0.05, 0.1) is 0 Å². The zero-order valence-electron chi connectivity index (χ0n) is 10.3. The largest absolute Gasteiger partial charge is 0.300 e. The predicted octanol–water partition coefficient (Wildman–Crippen LogP) is 1.88. The minimum absolute atomic E-state index is 0.534. The highest BCUT2D eigenvalue weighted by molar-refractivity contribution is 7.37. The van der Waals surface area contributed by atoms with Gasteiger partial charge < -0.3 is 4.90 Å². The second-order valence-electron chi connectivity index (χ2n) is 4.60. The Bertz CT molecular complexity index is 321. The lowest BCUT2D eigenvalue weighted by atomic mass is 10.1. The van der Waals surface area contributed by atoms with E-state index >= 15 is 0 Å². The smallest absolute Gasteiger partial charge is 0.0379 e. The molecular weight excluding hydrogens is 246 g/mol. The van der Waals surface area contributed by atoms with Crippen LogP contribution in [0.4, 0.5) is 0 Å². The van der Waals surface area contributed by atoms with Crippen LogP contribution in [-0.4, -0.2) is 48.0 Å². The van der Waals surface area contributed by atoms with Gasteiger partial charge in [-0.25, -0.2) is 0 Å². The first-order valence-electron chi connectivity index (χ1n) is 6.27. The molecule has 2 unspecified atom stereocenters. The van der Waals surface area contributed by atoms with E-state index in [0.29, 0.717) is 5.52 Å². The van der Waals surface area contributed by atoms with E-state index in [4.69, 9.17) is 0 Å². The van der Waals surface area contributed by atoms with Gasteiger partial charge in [-0.3, -0.25) is 4.90 Å². The minimum atomic E-state index is 0.534. The molecule has 2 rings (SSSR count). The molecule has 0 radical (unpaired) electrons. The Morgan fingerprint density at radius 2 is 1.65 bits per heavy atom. The van der Waals surface area contributed by atoms with Gasteiger partial charge in [-0.2, -0.15) is 0 Å². The third-order valence-electron chi connectivity index (χ3n) is 3.39. The Labute approximate surface area is 109 Å². The molecule has 0 aliphatic carbocycles. The number of benzene rings is 1. The number of piperazine rings is 1. The Kier molecular flexibility index (Phi) is 5.38. The molecule has 1 fully saturated rings. The third-order valence-corrected chi connectivity index (χ3v) is 4.23. The van der Waals surface area contributed by atoms with E-state index in [-0.39, 0.29) is 0 Å². The van der Waals surface area contributed by atoms with Crippen LogP contribution in [0.25, 0.3) is 0 Å². The molecule has 1 saturated heterocycles. The summed E-state index contributed by atoms with van der Waals surface area (Å²) in [7, 11) is 5.71. The van der Waals surface area contributed by atoms with Gasteiger partial charge >= 0.3 is 0 Å². The number of nitrogens with zero attached hydrogens (tertiary/aromatic N) is 2. The van der Waals surface area contributed by atoms with E-state index in [2.05, 4.69) is 58.6 Å². The molecule has 2 nitrogen and oxygen atoms in total. The fourth-order valence-electron chi connectivity index (χ4n) is 2.22. The normalized spacial score (nSPS) is 18.8. The quantitative estimate of drug-likeness (QED) is 0.769. The Morgan fingerprint density at radius 3 is 2.24 bits per heavy atom. The van der Waals surface area contributed by atoms with E-state index in [1.165, 1.54) is 44.7 Å². The standard InChI is InChI=1S/C13H22N2P2/c16-13(17)15-10-8-14(9-11-15)7-6-12-4-2-1-3-5-12/h1-5,13H,6-11,16-17H2. The lowest BCUT2D eigenvalue weighted by molar-refractivity contribution is 0.143. The van der Waals surface area contributed by atoms with Crippen LogP contribution in [0.15, 0.2) is 30.3 Å². The summed E-state index contributed by atoms with van der Waals surface area (Å²) in [5.41, 5.74) is 1.98. The summed E-state index contributed by atoms with van der Waals surface area (Å²) in [6.07, 6.45) is 1.17. The highest BCUT2D eigenvalue weighted by Crippen LogP contribution is 2.17. The molecule has 2 atom stereocenters. The van der Waals surface area contributed by atoms with Crippen LogP contribution in [0.2, 0.25) is 0 Å². The molecule has 1 aromatic rings. The average Bonchev–Trinajstić information content (AvgIpc) is 2.38. The summed E-state index contributed by atoms with van der Waals surface area (Å²) in [4.78, 5) is 5.07. The SMILES string of the molecule is PC(P)N1CCN(CCc2ccccc2)CC1. The summed E-state index contributed by atoms with van der Waals surface area (Å²) >= 11 is 0. The molecule has 0 spiro atoms. The molecule has 0 amide bonds. The van der Waals surface area contributed by atoms with Crippen LogP contribution in [0, 0.1) is 0 Å². The van der Waals surface area contributed by atoms with E-state index in [9.17, 15) is 0 Å². The summed E-state index contributed by atoms with van der Waals surface area (Å²) < 4.78 is 0. The molecular formula is C13H22N2P2. The van der Waals surface area contributed by atoms with Gasteiger partial charge in [-0.15, -0.1) is 18.5 Å². The zero-order valence-corrected chi connectivity index (χ0v) is 12.6. The van der Waals surface area contributed by atoms with Gasteiger partial charge in [0.2, 0.25) is 0 Å². The Morgan fingerprint density at radius 1 is 1.00 bits per heavy atom. The van der Waals surface area contributed by atoms with Gasteiger partial charge in [0.25, 0.3) is 0 Å². The maximum Gasteiger partial charge on any atom is 0.0379 e. The van der Waals surface area contributed by atoms with Crippen LogP contribution < -0.4 is 0 Å². The molecule has 1 aliphatic heterocycles. The monoisotopic (exact) mass is 268 g/mol. The van der Waals surface area contributed by atoms with Crippen molar-refractivity contribution in [1.29, 1.82) is 0 Å². The van der Waals surface area contributed by atoms with Crippen molar-refractivity contribution in [2.75, 3.05) is 32.7 Å². The number of hydrogen-bond donors (Lipinski definition) is 0. The van der Waals surface area contributed by atoms with Crippen molar-refractivity contribution in [1.82, 2.24) is 9.80 Å². The van der Waals surface area contributed by atoms with Gasteiger partial charge in [0.15, 0.2) is 0 Å². The first-order valence-corrected chi connectivity index (χ1v) is 7.60. The maximum absolute atomic E-state index is 2.85. The molecule has 0 aromatic heterocycles. The van der Waals surface area contributed by atoms with Crippen molar-refractivity contribution < 1.29 is 0 Å². The number of rotatable bonds is 4. The van der Waals surface area contributed by atoms with Crippen LogP contribution in [-0.2, 0) is 6.42 Å². The summed E-state index contributed by atoms with van der Waals surface area (Å²) in [5.74, 6) is 0. The van der Waals surface area contributed by atoms with Crippen molar-refractivity contribution in [2.45, 2.75) is 11.9 Å². The Balaban J connectivity index is 1.72. The van der Waals surface area contributed by atoms with Crippen LogP contribution in [0.5, 0.6) is 0 Å². The molecule has 1 heterocycles. The molecule has 94 valence electrons. The van der Waals surface area contributed by atoms with E-state index < -0.39 is 0 Å². The van der Waals surface area contributed by atoms with Crippen LogP contribution in [0.3, 0.4) is 0 Å². The predicted molar refractivity (Wildman–Crippen MR) is 81.4 cm³/mol. The highest BCUT2D eigenvalue weighted by Gasteiger charge is 2.18. The van der Waals surface area contributed by atoms with E-state index in [1.807, 2.05) is 0 Å². The minimum Gasteiger partial charge on any atom is -0.300 e. The van der Waals surface area contributed by atoms with Crippen molar-refractivity contribution >= 4 is 18.5 Å². The third kappa shape index (κ3) is 4.30. The van der Waals surface area contributed by atoms with Crippen LogP contribution in [0.1, 0.15) is 5.56 Å². The zero-order chi connectivity index (χ0) is 12.1. The molecule has 4 heteroatoms. The topological polar surface area (TPSA) is 6.48 Å². The summed E-state index contributed by atoms with van der Waals surface area (Å²) in [6, 6.07) is 10.8. The first kappa shape index (κ1) is 13.4. The second kappa shape index (κ2) is 6.81. The van der Waals surface area contributed by atoms with Gasteiger partial charge in [-0.1, -0.05) is 30.3 Å². The van der Waals surface area contributed by atoms with Gasteiger partial charge in [-0.05, 0) is 12.0 Å². The first-order chi connectivity index (χ1) is 8.25. The average molecular weight is 268 g/mol. The van der Waals surface area contributed by atoms with Gasteiger partial charge in [0.1, 0.15) is 0 Å². The van der Waals surface area contributed by atoms with E-state index in [1.54, 1.807) is 0 Å². The summed E-state index contributed by atoms with van der Waals surface area (Å²) in [5, 5.41) is 0. The second-order valence-corrected chi connectivity index (χ2v) is 6.74. The van der Waals surface area contributed by atoms with Crippen molar-refractivity contribution in [2.24, 2.45) is 0 Å². The van der Waals surface area contributed by atoms with Crippen LogP contribution >= 0.6 is 18.5 Å². The van der Waals surface area contributed by atoms with Crippen molar-refractivity contribution in [3.63, 3.8) is 0 Å². The lowest BCUT2D eigenvalue weighted by Gasteiger charge is -2.36. The molecule has 0 saturated carbocycles. The van der Waals surface area contributed by atoms with Crippen molar-refractivity contribution in [3.8, 4) is 0 Å². The fraction of sp³-hybridized carbons (Fsp3) is 0.538. The lowest BCUT2D eigenvalue weighted by Crippen LogP contribution is -2.47. The summed E-state index contributed by atoms with van der Waals surface area (Å²) in [6.45, 7) is 5.97. The number of hydrogen-bond acceptors (Lipinski definition) is 2. The molecule has 0 bridgehead atoms. The highest BCUT2D eigenvalue weighted by atomic mass is 31.1. The Hall–Kier alpha value is -0.000000000000000111. The molecule has 0 N–H and O–H groups in total. The molecule has 1 aromatic carbocycles. The molecule has 1 aliphatic rings. The van der Waals surface area contributed by atoms with Gasteiger partial charge in [0, 0.05) is 38.2 Å². The van der Waals surface area contributed by atoms with Crippen molar-refractivity contribution in [3.05, 3.63) is 35.9 Å². The fourth-order valence-corrected chi connectivity index (χ4v) is 2.81. The molecule has 17 heavy (non-hydrogen) atoms. The maximum atomic E-state index is 2.85. The van der Waals surface area contributed by atoms with E-state index in [0.717, 1.165) is 0 Å².